The van der Waals surface area contributed by atoms with Crippen molar-refractivity contribution in [3.63, 3.8) is 0 Å². The lowest BCUT2D eigenvalue weighted by molar-refractivity contribution is 0.0850. The Morgan fingerprint density at radius 2 is 1.67 bits per heavy atom. The third kappa shape index (κ3) is 2.24. The Kier molecular flexibility index (Phi) is 3.19. The van der Waals surface area contributed by atoms with Gasteiger partial charge in [-0.3, -0.25) is 0 Å². The molecule has 3 aromatic rings. The van der Waals surface area contributed by atoms with Gasteiger partial charge in [-0.15, -0.1) is 0 Å². The summed E-state index contributed by atoms with van der Waals surface area (Å²) in [6.45, 7) is 0. The van der Waals surface area contributed by atoms with Gasteiger partial charge in [-0.1, -0.05) is 43.5 Å². The van der Waals surface area contributed by atoms with Crippen LogP contribution in [0.5, 0.6) is 0 Å². The van der Waals surface area contributed by atoms with E-state index in [1.807, 2.05) is 0 Å². The van der Waals surface area contributed by atoms with E-state index in [0.29, 0.717) is 5.92 Å². The van der Waals surface area contributed by atoms with Crippen molar-refractivity contribution in [3.8, 4) is 0 Å². The van der Waals surface area contributed by atoms with Gasteiger partial charge in [0.1, 0.15) is 0 Å². The number of para-hydroxylation sites is 1. The first-order valence-electron chi connectivity index (χ1n) is 8.01. The van der Waals surface area contributed by atoms with E-state index in [1.54, 1.807) is 0 Å². The number of aliphatic hydroxyl groups is 1. The summed E-state index contributed by atoms with van der Waals surface area (Å²) < 4.78 is 0. The normalized spacial score (nSPS) is 18.3. The molecule has 0 spiro atoms. The standard InChI is InChI=1S/C19H21NO/c21-19(13-6-2-1-3-7-13)14-10-11-18-16(12-14)15-8-4-5-9-17(15)20-18/h4-5,8-13,19-21H,1-3,6-7H2. The van der Waals surface area contributed by atoms with Crippen LogP contribution >= 0.6 is 0 Å². The zero-order valence-corrected chi connectivity index (χ0v) is 12.2. The highest BCUT2D eigenvalue weighted by atomic mass is 16.3. The molecule has 1 aliphatic carbocycles. The Morgan fingerprint density at radius 1 is 0.905 bits per heavy atom. The van der Waals surface area contributed by atoms with Gasteiger partial charge in [0.25, 0.3) is 0 Å². The van der Waals surface area contributed by atoms with Gasteiger partial charge in [0.05, 0.1) is 6.10 Å². The SMILES string of the molecule is OC(c1ccc2[nH]c3ccccc3c2c1)C1CCCCC1. The predicted octanol–water partition coefficient (Wildman–Crippen LogP) is 4.93. The van der Waals surface area contributed by atoms with E-state index in [2.05, 4.69) is 47.4 Å². The van der Waals surface area contributed by atoms with Gasteiger partial charge in [0.15, 0.2) is 0 Å². The minimum absolute atomic E-state index is 0.316. The summed E-state index contributed by atoms with van der Waals surface area (Å²) in [4.78, 5) is 3.44. The molecule has 1 aromatic heterocycles. The van der Waals surface area contributed by atoms with Crippen molar-refractivity contribution in [1.82, 2.24) is 4.98 Å². The molecule has 1 heterocycles. The molecule has 1 atom stereocenters. The number of hydrogen-bond acceptors (Lipinski definition) is 1. The van der Waals surface area contributed by atoms with Crippen LogP contribution in [0.15, 0.2) is 42.5 Å². The highest BCUT2D eigenvalue weighted by Gasteiger charge is 2.23. The van der Waals surface area contributed by atoms with Crippen molar-refractivity contribution in [2.75, 3.05) is 0 Å². The highest BCUT2D eigenvalue weighted by Crippen LogP contribution is 2.36. The number of nitrogens with one attached hydrogen (secondary N) is 1. The second-order valence-corrected chi connectivity index (χ2v) is 6.32. The molecule has 0 bridgehead atoms. The Hall–Kier alpha value is -1.80. The second-order valence-electron chi connectivity index (χ2n) is 6.32. The zero-order chi connectivity index (χ0) is 14.2. The number of rotatable bonds is 2. The van der Waals surface area contributed by atoms with Gasteiger partial charge in [0, 0.05) is 21.8 Å². The number of benzene rings is 2. The fourth-order valence-corrected chi connectivity index (χ4v) is 3.77. The van der Waals surface area contributed by atoms with Crippen molar-refractivity contribution in [2.24, 2.45) is 5.92 Å². The van der Waals surface area contributed by atoms with E-state index in [9.17, 15) is 5.11 Å². The first-order chi connectivity index (χ1) is 10.3. The zero-order valence-electron chi connectivity index (χ0n) is 12.2. The fourth-order valence-electron chi connectivity index (χ4n) is 3.77. The quantitative estimate of drug-likeness (QED) is 0.685. The van der Waals surface area contributed by atoms with Crippen LogP contribution in [0.25, 0.3) is 21.8 Å². The van der Waals surface area contributed by atoms with Crippen molar-refractivity contribution in [2.45, 2.75) is 38.2 Å². The lowest BCUT2D eigenvalue weighted by atomic mass is 9.82. The minimum Gasteiger partial charge on any atom is -0.388 e. The second kappa shape index (κ2) is 5.19. The molecule has 108 valence electrons. The third-order valence-corrected chi connectivity index (χ3v) is 4.97. The Labute approximate surface area is 124 Å². The van der Waals surface area contributed by atoms with Crippen molar-refractivity contribution in [3.05, 3.63) is 48.0 Å². The van der Waals surface area contributed by atoms with Crippen LogP contribution in [0, 0.1) is 5.92 Å². The van der Waals surface area contributed by atoms with Crippen LogP contribution in [0.1, 0.15) is 43.8 Å². The molecule has 0 amide bonds. The van der Waals surface area contributed by atoms with Gasteiger partial charge in [-0.05, 0) is 42.5 Å². The maximum atomic E-state index is 10.7. The summed E-state index contributed by atoms with van der Waals surface area (Å²) in [5.74, 6) is 0.432. The monoisotopic (exact) mass is 279 g/mol. The van der Waals surface area contributed by atoms with Crippen molar-refractivity contribution >= 4 is 21.8 Å². The molecule has 21 heavy (non-hydrogen) atoms. The minimum atomic E-state index is -0.316. The molecule has 4 rings (SSSR count). The fraction of sp³-hybridized carbons (Fsp3) is 0.368. The summed E-state index contributed by atoms with van der Waals surface area (Å²) in [5, 5.41) is 13.2. The molecule has 2 heteroatoms. The summed E-state index contributed by atoms with van der Waals surface area (Å²) in [5.41, 5.74) is 3.38. The molecular weight excluding hydrogens is 258 g/mol. The van der Waals surface area contributed by atoms with E-state index in [-0.39, 0.29) is 6.10 Å². The molecule has 2 N–H and O–H groups in total. The molecule has 0 radical (unpaired) electrons. The number of hydrogen-bond donors (Lipinski definition) is 2. The maximum Gasteiger partial charge on any atom is 0.0818 e. The molecule has 1 unspecified atom stereocenters. The summed E-state index contributed by atoms with van der Waals surface area (Å²) in [6, 6.07) is 14.7. The Morgan fingerprint density at radius 3 is 2.52 bits per heavy atom. The number of aliphatic hydroxyl groups excluding tert-OH is 1. The summed E-state index contributed by atoms with van der Waals surface area (Å²) in [6.07, 6.45) is 5.85. The maximum absolute atomic E-state index is 10.7. The van der Waals surface area contributed by atoms with E-state index in [1.165, 1.54) is 30.0 Å². The van der Waals surface area contributed by atoms with Crippen LogP contribution in [-0.4, -0.2) is 10.1 Å². The first-order valence-corrected chi connectivity index (χ1v) is 8.01. The Bertz CT molecular complexity index is 767. The van der Waals surface area contributed by atoms with Gasteiger partial charge in [0.2, 0.25) is 0 Å². The number of aromatic nitrogens is 1. The lowest BCUT2D eigenvalue weighted by Gasteiger charge is -2.26. The van der Waals surface area contributed by atoms with Crippen molar-refractivity contribution in [1.29, 1.82) is 0 Å². The van der Waals surface area contributed by atoms with Crippen molar-refractivity contribution < 1.29 is 5.11 Å². The highest BCUT2D eigenvalue weighted by molar-refractivity contribution is 6.07. The predicted molar refractivity (Wildman–Crippen MR) is 87.3 cm³/mol. The van der Waals surface area contributed by atoms with Crippen LogP contribution in [0.4, 0.5) is 0 Å². The molecule has 2 aromatic carbocycles. The lowest BCUT2D eigenvalue weighted by Crippen LogP contribution is -2.15. The van der Waals surface area contributed by atoms with Gasteiger partial charge >= 0.3 is 0 Å². The summed E-state index contributed by atoms with van der Waals surface area (Å²) in [7, 11) is 0. The van der Waals surface area contributed by atoms with E-state index in [0.717, 1.165) is 29.4 Å². The molecule has 1 fully saturated rings. The number of aromatic amines is 1. The molecular formula is C19H21NO. The topological polar surface area (TPSA) is 36.0 Å². The number of fused-ring (bicyclic) bond motifs is 3. The molecule has 0 aliphatic heterocycles. The van der Waals surface area contributed by atoms with Crippen LogP contribution < -0.4 is 0 Å². The van der Waals surface area contributed by atoms with Crippen LogP contribution in [0.3, 0.4) is 0 Å². The first kappa shape index (κ1) is 12.9. The van der Waals surface area contributed by atoms with Gasteiger partial charge in [-0.2, -0.15) is 0 Å². The van der Waals surface area contributed by atoms with Gasteiger partial charge in [-0.25, -0.2) is 0 Å². The van der Waals surface area contributed by atoms with E-state index < -0.39 is 0 Å². The van der Waals surface area contributed by atoms with Crippen LogP contribution in [0.2, 0.25) is 0 Å². The average Bonchev–Trinajstić information content (AvgIpc) is 2.93. The molecule has 2 nitrogen and oxygen atoms in total. The van der Waals surface area contributed by atoms with Crippen LogP contribution in [-0.2, 0) is 0 Å². The molecule has 1 saturated carbocycles. The third-order valence-electron chi connectivity index (χ3n) is 4.97. The van der Waals surface area contributed by atoms with Gasteiger partial charge < -0.3 is 10.1 Å². The van der Waals surface area contributed by atoms with E-state index >= 15 is 0 Å². The average molecular weight is 279 g/mol. The summed E-state index contributed by atoms with van der Waals surface area (Å²) >= 11 is 0. The number of H-pyrrole nitrogens is 1. The molecule has 1 aliphatic rings. The molecule has 0 saturated heterocycles. The Balaban J connectivity index is 1.76. The smallest absolute Gasteiger partial charge is 0.0818 e. The van der Waals surface area contributed by atoms with E-state index in [4.69, 9.17) is 0 Å². The largest absolute Gasteiger partial charge is 0.388 e.